The normalized spacial score (nSPS) is 19.6. The highest BCUT2D eigenvalue weighted by Gasteiger charge is 2.22. The summed E-state index contributed by atoms with van der Waals surface area (Å²) in [6, 6.07) is 1.39. The molecular formula is C13H15F3N2O. The van der Waals surface area contributed by atoms with Gasteiger partial charge in [0.25, 0.3) is 0 Å². The SMILES string of the molecule is C[C@@H]1CN(C(=O)Cc2cc(F)c(F)cc2F)CCN1. The summed E-state index contributed by atoms with van der Waals surface area (Å²) >= 11 is 0. The molecule has 1 aromatic rings. The Hall–Kier alpha value is -1.56. The molecule has 1 aromatic carbocycles. The Bertz CT molecular complexity index is 493. The molecule has 1 atom stereocenters. The van der Waals surface area contributed by atoms with Gasteiger partial charge >= 0.3 is 0 Å². The molecule has 19 heavy (non-hydrogen) atoms. The van der Waals surface area contributed by atoms with E-state index in [2.05, 4.69) is 5.32 Å². The summed E-state index contributed by atoms with van der Waals surface area (Å²) in [6.45, 7) is 3.68. The Balaban J connectivity index is 2.08. The second kappa shape index (κ2) is 5.61. The van der Waals surface area contributed by atoms with Crippen LogP contribution in [0.4, 0.5) is 13.2 Å². The maximum Gasteiger partial charge on any atom is 0.227 e. The zero-order valence-corrected chi connectivity index (χ0v) is 10.5. The average Bonchev–Trinajstić information content (AvgIpc) is 2.36. The number of hydrogen-bond donors (Lipinski definition) is 1. The average molecular weight is 272 g/mol. The Morgan fingerprint density at radius 3 is 2.68 bits per heavy atom. The number of piperazine rings is 1. The molecule has 0 aliphatic carbocycles. The number of nitrogens with zero attached hydrogens (tertiary/aromatic N) is 1. The van der Waals surface area contributed by atoms with Gasteiger partial charge in [0.15, 0.2) is 11.6 Å². The summed E-state index contributed by atoms with van der Waals surface area (Å²) in [5.41, 5.74) is -0.116. The maximum absolute atomic E-state index is 13.4. The van der Waals surface area contributed by atoms with Gasteiger partial charge in [-0.05, 0) is 13.0 Å². The lowest BCUT2D eigenvalue weighted by Gasteiger charge is -2.32. The number of benzene rings is 1. The molecule has 0 bridgehead atoms. The van der Waals surface area contributed by atoms with Gasteiger partial charge in [-0.3, -0.25) is 4.79 Å². The van der Waals surface area contributed by atoms with E-state index in [0.717, 1.165) is 6.07 Å². The molecule has 6 heteroatoms. The van der Waals surface area contributed by atoms with E-state index < -0.39 is 17.5 Å². The molecule has 0 radical (unpaired) electrons. The highest BCUT2D eigenvalue weighted by atomic mass is 19.2. The second-order valence-electron chi connectivity index (χ2n) is 4.73. The van der Waals surface area contributed by atoms with Crippen LogP contribution in [0.5, 0.6) is 0 Å². The van der Waals surface area contributed by atoms with Gasteiger partial charge in [0.1, 0.15) is 5.82 Å². The molecule has 1 aliphatic heterocycles. The van der Waals surface area contributed by atoms with Crippen molar-refractivity contribution in [1.82, 2.24) is 10.2 Å². The van der Waals surface area contributed by atoms with E-state index in [9.17, 15) is 18.0 Å². The lowest BCUT2D eigenvalue weighted by molar-refractivity contribution is -0.131. The molecule has 0 unspecified atom stereocenters. The largest absolute Gasteiger partial charge is 0.340 e. The third-order valence-corrected chi connectivity index (χ3v) is 3.15. The number of nitrogens with one attached hydrogen (secondary N) is 1. The van der Waals surface area contributed by atoms with Crippen molar-refractivity contribution in [1.29, 1.82) is 0 Å². The molecule has 104 valence electrons. The number of hydrogen-bond acceptors (Lipinski definition) is 2. The van der Waals surface area contributed by atoms with E-state index in [1.165, 1.54) is 0 Å². The fourth-order valence-electron chi connectivity index (χ4n) is 2.13. The summed E-state index contributed by atoms with van der Waals surface area (Å²) in [7, 11) is 0. The van der Waals surface area contributed by atoms with Crippen molar-refractivity contribution in [3.8, 4) is 0 Å². The quantitative estimate of drug-likeness (QED) is 0.827. The van der Waals surface area contributed by atoms with Crippen LogP contribution in [-0.2, 0) is 11.2 Å². The number of carbonyl (C=O) groups is 1. The van der Waals surface area contributed by atoms with Gasteiger partial charge in [-0.15, -0.1) is 0 Å². The molecule has 1 heterocycles. The molecular weight excluding hydrogens is 257 g/mol. The van der Waals surface area contributed by atoms with E-state index in [1.807, 2.05) is 6.92 Å². The van der Waals surface area contributed by atoms with Crippen LogP contribution in [0.3, 0.4) is 0 Å². The van der Waals surface area contributed by atoms with Crippen LogP contribution in [-0.4, -0.2) is 36.5 Å². The van der Waals surface area contributed by atoms with Gasteiger partial charge < -0.3 is 10.2 Å². The Morgan fingerprint density at radius 1 is 1.32 bits per heavy atom. The third-order valence-electron chi connectivity index (χ3n) is 3.15. The van der Waals surface area contributed by atoms with Crippen molar-refractivity contribution in [3.63, 3.8) is 0 Å². The predicted molar refractivity (Wildman–Crippen MR) is 64.1 cm³/mol. The van der Waals surface area contributed by atoms with Gasteiger partial charge in [-0.1, -0.05) is 0 Å². The summed E-state index contributed by atoms with van der Waals surface area (Å²) in [5, 5.41) is 3.18. The van der Waals surface area contributed by atoms with Crippen LogP contribution in [0.15, 0.2) is 12.1 Å². The van der Waals surface area contributed by atoms with E-state index in [1.54, 1.807) is 4.90 Å². The first kappa shape index (κ1) is 13.9. The molecule has 2 rings (SSSR count). The molecule has 0 saturated carbocycles. The van der Waals surface area contributed by atoms with Crippen molar-refractivity contribution >= 4 is 5.91 Å². The Labute approximate surface area is 109 Å². The summed E-state index contributed by atoms with van der Waals surface area (Å²) < 4.78 is 39.3. The Kier molecular flexibility index (Phi) is 4.09. The van der Waals surface area contributed by atoms with Crippen molar-refractivity contribution in [3.05, 3.63) is 35.1 Å². The summed E-state index contributed by atoms with van der Waals surface area (Å²) in [6.07, 6.45) is -0.254. The van der Waals surface area contributed by atoms with Crippen LogP contribution in [0, 0.1) is 17.5 Å². The van der Waals surface area contributed by atoms with E-state index in [4.69, 9.17) is 0 Å². The monoisotopic (exact) mass is 272 g/mol. The second-order valence-corrected chi connectivity index (χ2v) is 4.73. The standard InChI is InChI=1S/C13H15F3N2O/c1-8-7-18(3-2-17-8)13(19)5-9-4-11(15)12(16)6-10(9)14/h4,6,8,17H,2-3,5,7H2,1H3/t8-/m1/s1. The molecule has 1 amide bonds. The van der Waals surface area contributed by atoms with Crippen LogP contribution in [0.1, 0.15) is 12.5 Å². The topological polar surface area (TPSA) is 32.3 Å². The first-order valence-corrected chi connectivity index (χ1v) is 6.12. The zero-order valence-electron chi connectivity index (χ0n) is 10.5. The molecule has 1 fully saturated rings. The molecule has 1 aliphatic rings. The van der Waals surface area contributed by atoms with Gasteiger partial charge in [0.05, 0.1) is 6.42 Å². The first-order valence-electron chi connectivity index (χ1n) is 6.12. The first-order chi connectivity index (χ1) is 8.97. The van der Waals surface area contributed by atoms with E-state index >= 15 is 0 Å². The number of amides is 1. The van der Waals surface area contributed by atoms with Crippen molar-refractivity contribution in [2.45, 2.75) is 19.4 Å². The minimum atomic E-state index is -1.25. The van der Waals surface area contributed by atoms with Crippen LogP contribution in [0.25, 0.3) is 0 Å². The van der Waals surface area contributed by atoms with Gasteiger partial charge in [-0.25, -0.2) is 13.2 Å². The molecule has 1 N–H and O–H groups in total. The van der Waals surface area contributed by atoms with Crippen molar-refractivity contribution in [2.24, 2.45) is 0 Å². The summed E-state index contributed by atoms with van der Waals surface area (Å²) in [4.78, 5) is 13.6. The van der Waals surface area contributed by atoms with E-state index in [-0.39, 0.29) is 23.9 Å². The fraction of sp³-hybridized carbons (Fsp3) is 0.462. The van der Waals surface area contributed by atoms with Gasteiger partial charge in [0.2, 0.25) is 5.91 Å². The maximum atomic E-state index is 13.4. The minimum Gasteiger partial charge on any atom is -0.340 e. The van der Waals surface area contributed by atoms with Crippen LogP contribution < -0.4 is 5.32 Å². The Morgan fingerprint density at radius 2 is 2.00 bits per heavy atom. The smallest absolute Gasteiger partial charge is 0.227 e. The number of rotatable bonds is 2. The molecule has 0 spiro atoms. The van der Waals surface area contributed by atoms with Gasteiger partial charge in [-0.2, -0.15) is 0 Å². The third kappa shape index (κ3) is 3.26. The van der Waals surface area contributed by atoms with Crippen molar-refractivity contribution in [2.75, 3.05) is 19.6 Å². The minimum absolute atomic E-state index is 0.116. The van der Waals surface area contributed by atoms with Crippen LogP contribution in [0.2, 0.25) is 0 Å². The highest BCUT2D eigenvalue weighted by molar-refractivity contribution is 5.79. The van der Waals surface area contributed by atoms with Crippen molar-refractivity contribution < 1.29 is 18.0 Å². The molecule has 0 aromatic heterocycles. The fourth-order valence-corrected chi connectivity index (χ4v) is 2.13. The summed E-state index contributed by atoms with van der Waals surface area (Å²) in [5.74, 6) is -3.56. The van der Waals surface area contributed by atoms with Crippen LogP contribution >= 0.6 is 0 Å². The zero-order chi connectivity index (χ0) is 14.0. The van der Waals surface area contributed by atoms with E-state index in [0.29, 0.717) is 25.7 Å². The lowest BCUT2D eigenvalue weighted by Crippen LogP contribution is -2.51. The lowest BCUT2D eigenvalue weighted by atomic mass is 10.1. The molecule has 1 saturated heterocycles. The van der Waals surface area contributed by atoms with Gasteiger partial charge in [0, 0.05) is 37.3 Å². The number of carbonyl (C=O) groups excluding carboxylic acids is 1. The highest BCUT2D eigenvalue weighted by Crippen LogP contribution is 2.15. The predicted octanol–water partition coefficient (Wildman–Crippen LogP) is 1.47. The molecule has 3 nitrogen and oxygen atoms in total. The number of halogens is 3.